The van der Waals surface area contributed by atoms with Crippen LogP contribution < -0.4 is 5.56 Å². The Hall–Kier alpha value is -2.17. The van der Waals surface area contributed by atoms with Crippen molar-refractivity contribution in [1.29, 1.82) is 0 Å². The van der Waals surface area contributed by atoms with Crippen molar-refractivity contribution in [2.24, 2.45) is 0 Å². The molecule has 21 heavy (non-hydrogen) atoms. The number of benzene rings is 1. The molecule has 1 aliphatic rings. The minimum absolute atomic E-state index is 0.00128. The predicted molar refractivity (Wildman–Crippen MR) is 81.0 cm³/mol. The SMILES string of the molecule is CC1CCCCN1C(=O)Cn1cnc2ccccc2c1=O. The van der Waals surface area contributed by atoms with Gasteiger partial charge >= 0.3 is 0 Å². The van der Waals surface area contributed by atoms with E-state index in [-0.39, 0.29) is 24.1 Å². The largest absolute Gasteiger partial charge is 0.338 e. The van der Waals surface area contributed by atoms with Crippen LogP contribution in [0.15, 0.2) is 35.4 Å². The van der Waals surface area contributed by atoms with Crippen molar-refractivity contribution >= 4 is 16.8 Å². The van der Waals surface area contributed by atoms with E-state index in [0.29, 0.717) is 10.9 Å². The molecule has 2 aromatic rings. The summed E-state index contributed by atoms with van der Waals surface area (Å²) in [5.74, 6) is 0.00128. The maximum Gasteiger partial charge on any atom is 0.261 e. The molecule has 0 radical (unpaired) electrons. The standard InChI is InChI=1S/C16H19N3O2/c1-12-6-4-5-9-19(12)15(20)10-18-11-17-14-8-3-2-7-13(14)16(18)21/h2-3,7-8,11-12H,4-6,9-10H2,1H3. The van der Waals surface area contributed by atoms with E-state index in [0.717, 1.165) is 19.4 Å². The van der Waals surface area contributed by atoms with E-state index in [4.69, 9.17) is 0 Å². The Labute approximate surface area is 123 Å². The fourth-order valence-corrected chi connectivity index (χ4v) is 2.92. The Morgan fingerprint density at radius 3 is 2.95 bits per heavy atom. The first-order valence-electron chi connectivity index (χ1n) is 7.40. The summed E-state index contributed by atoms with van der Waals surface area (Å²) in [5.41, 5.74) is 0.510. The van der Waals surface area contributed by atoms with E-state index >= 15 is 0 Å². The summed E-state index contributed by atoms with van der Waals surface area (Å²) in [6, 6.07) is 7.46. The highest BCUT2D eigenvalue weighted by molar-refractivity contribution is 5.79. The molecule has 5 nitrogen and oxygen atoms in total. The van der Waals surface area contributed by atoms with Crippen LogP contribution >= 0.6 is 0 Å². The van der Waals surface area contributed by atoms with Crippen molar-refractivity contribution in [1.82, 2.24) is 14.5 Å². The van der Waals surface area contributed by atoms with Gasteiger partial charge < -0.3 is 4.90 Å². The second-order valence-electron chi connectivity index (χ2n) is 5.63. The van der Waals surface area contributed by atoms with Gasteiger partial charge in [-0.2, -0.15) is 0 Å². The zero-order chi connectivity index (χ0) is 14.8. The topological polar surface area (TPSA) is 55.2 Å². The molecule has 0 aliphatic carbocycles. The van der Waals surface area contributed by atoms with Crippen LogP contribution in [0.2, 0.25) is 0 Å². The number of hydrogen-bond donors (Lipinski definition) is 0. The van der Waals surface area contributed by atoms with Gasteiger partial charge in [0.05, 0.1) is 17.2 Å². The summed E-state index contributed by atoms with van der Waals surface area (Å²) in [7, 11) is 0. The van der Waals surface area contributed by atoms with E-state index in [2.05, 4.69) is 11.9 Å². The first-order valence-corrected chi connectivity index (χ1v) is 7.40. The molecule has 1 fully saturated rings. The number of fused-ring (bicyclic) bond motifs is 1. The number of aromatic nitrogens is 2. The molecule has 3 rings (SSSR count). The summed E-state index contributed by atoms with van der Waals surface area (Å²) in [5, 5.41) is 0.555. The van der Waals surface area contributed by atoms with Crippen LogP contribution in [-0.4, -0.2) is 32.9 Å². The van der Waals surface area contributed by atoms with Gasteiger partial charge in [-0.05, 0) is 38.3 Å². The second kappa shape index (κ2) is 5.68. The molecule has 0 saturated carbocycles. The van der Waals surface area contributed by atoms with Crippen LogP contribution in [0.5, 0.6) is 0 Å². The minimum atomic E-state index is -0.154. The van der Waals surface area contributed by atoms with Crippen molar-refractivity contribution in [2.75, 3.05) is 6.54 Å². The third kappa shape index (κ3) is 2.68. The maximum absolute atomic E-state index is 12.4. The second-order valence-corrected chi connectivity index (χ2v) is 5.63. The average molecular weight is 285 g/mol. The van der Waals surface area contributed by atoms with Crippen molar-refractivity contribution in [2.45, 2.75) is 38.8 Å². The number of likely N-dealkylation sites (tertiary alicyclic amines) is 1. The molecule has 0 spiro atoms. The first kappa shape index (κ1) is 13.8. The van der Waals surface area contributed by atoms with Gasteiger partial charge in [0.15, 0.2) is 0 Å². The molecular weight excluding hydrogens is 266 g/mol. The van der Waals surface area contributed by atoms with Gasteiger partial charge in [0.2, 0.25) is 5.91 Å². The summed E-state index contributed by atoms with van der Waals surface area (Å²) >= 11 is 0. The number of carbonyl (C=O) groups excluding carboxylic acids is 1. The van der Waals surface area contributed by atoms with Crippen LogP contribution in [0.3, 0.4) is 0 Å². The Morgan fingerprint density at radius 1 is 1.33 bits per heavy atom. The van der Waals surface area contributed by atoms with Gasteiger partial charge in [-0.25, -0.2) is 4.98 Å². The quantitative estimate of drug-likeness (QED) is 0.845. The van der Waals surface area contributed by atoms with E-state index < -0.39 is 0 Å². The lowest BCUT2D eigenvalue weighted by molar-refractivity contribution is -0.135. The first-order chi connectivity index (χ1) is 10.2. The van der Waals surface area contributed by atoms with Crippen molar-refractivity contribution in [3.05, 3.63) is 40.9 Å². The molecular formula is C16H19N3O2. The van der Waals surface area contributed by atoms with E-state index in [9.17, 15) is 9.59 Å². The molecule has 5 heteroatoms. The highest BCUT2D eigenvalue weighted by atomic mass is 16.2. The molecule has 0 bridgehead atoms. The Morgan fingerprint density at radius 2 is 2.14 bits per heavy atom. The number of rotatable bonds is 2. The smallest absolute Gasteiger partial charge is 0.261 e. The maximum atomic E-state index is 12.4. The van der Waals surface area contributed by atoms with E-state index in [1.807, 2.05) is 17.0 Å². The number of piperidine rings is 1. The zero-order valence-corrected chi connectivity index (χ0v) is 12.2. The van der Waals surface area contributed by atoms with Gasteiger partial charge in [-0.1, -0.05) is 12.1 Å². The third-order valence-corrected chi connectivity index (χ3v) is 4.16. The molecule has 2 heterocycles. The third-order valence-electron chi connectivity index (χ3n) is 4.16. The van der Waals surface area contributed by atoms with Crippen LogP contribution in [0, 0.1) is 0 Å². The molecule has 1 atom stereocenters. The van der Waals surface area contributed by atoms with E-state index in [1.54, 1.807) is 12.1 Å². The molecule has 1 saturated heterocycles. The van der Waals surface area contributed by atoms with Gasteiger partial charge in [-0.15, -0.1) is 0 Å². The molecule has 110 valence electrons. The molecule has 1 amide bonds. The summed E-state index contributed by atoms with van der Waals surface area (Å²) in [6.07, 6.45) is 4.72. The predicted octanol–water partition coefficient (Wildman–Crippen LogP) is 1.80. The molecule has 1 aromatic heterocycles. The number of carbonyl (C=O) groups is 1. The fourth-order valence-electron chi connectivity index (χ4n) is 2.92. The van der Waals surface area contributed by atoms with E-state index in [1.165, 1.54) is 17.3 Å². The minimum Gasteiger partial charge on any atom is -0.338 e. The van der Waals surface area contributed by atoms with Crippen LogP contribution in [0.25, 0.3) is 10.9 Å². The number of amides is 1. The number of hydrogen-bond acceptors (Lipinski definition) is 3. The summed E-state index contributed by atoms with van der Waals surface area (Å²) in [6.45, 7) is 2.93. The lowest BCUT2D eigenvalue weighted by Crippen LogP contribution is -2.44. The van der Waals surface area contributed by atoms with Crippen LogP contribution in [0.1, 0.15) is 26.2 Å². The van der Waals surface area contributed by atoms with Crippen LogP contribution in [-0.2, 0) is 11.3 Å². The monoisotopic (exact) mass is 285 g/mol. The summed E-state index contributed by atoms with van der Waals surface area (Å²) < 4.78 is 1.41. The highest BCUT2D eigenvalue weighted by Gasteiger charge is 2.23. The Kier molecular flexibility index (Phi) is 3.73. The lowest BCUT2D eigenvalue weighted by Gasteiger charge is -2.33. The van der Waals surface area contributed by atoms with Crippen molar-refractivity contribution < 1.29 is 4.79 Å². The molecule has 0 N–H and O–H groups in total. The molecule has 1 aliphatic heterocycles. The van der Waals surface area contributed by atoms with Crippen molar-refractivity contribution in [3.63, 3.8) is 0 Å². The highest BCUT2D eigenvalue weighted by Crippen LogP contribution is 2.16. The van der Waals surface area contributed by atoms with Crippen molar-refractivity contribution in [3.8, 4) is 0 Å². The number of para-hydroxylation sites is 1. The lowest BCUT2D eigenvalue weighted by atomic mass is 10.0. The Balaban J connectivity index is 1.86. The fraction of sp³-hybridized carbons (Fsp3) is 0.438. The van der Waals surface area contributed by atoms with Crippen LogP contribution in [0.4, 0.5) is 0 Å². The molecule has 1 unspecified atom stereocenters. The summed E-state index contributed by atoms with van der Waals surface area (Å²) in [4.78, 5) is 30.9. The van der Waals surface area contributed by atoms with Gasteiger partial charge in [0.25, 0.3) is 5.56 Å². The number of nitrogens with zero attached hydrogens (tertiary/aromatic N) is 3. The van der Waals surface area contributed by atoms with Gasteiger partial charge in [0, 0.05) is 12.6 Å². The van der Waals surface area contributed by atoms with Gasteiger partial charge in [-0.3, -0.25) is 14.2 Å². The average Bonchev–Trinajstić information content (AvgIpc) is 2.51. The normalized spacial score (nSPS) is 18.9. The molecule has 1 aromatic carbocycles. The van der Waals surface area contributed by atoms with Gasteiger partial charge in [0.1, 0.15) is 6.54 Å². The Bertz CT molecular complexity index is 723. The zero-order valence-electron chi connectivity index (χ0n) is 12.2.